The molecule has 1 aliphatic carbocycles. The second kappa shape index (κ2) is 6.55. The Bertz CT molecular complexity index is 730. The molecule has 1 aromatic carbocycles. The van der Waals surface area contributed by atoms with Crippen molar-refractivity contribution in [2.24, 2.45) is 0 Å². The lowest BCUT2D eigenvalue weighted by atomic mass is 9.77. The fraction of sp³-hybridized carbons (Fsp3) is 0.375. The molecule has 0 aliphatic heterocycles. The molecule has 1 aromatic heterocycles. The van der Waals surface area contributed by atoms with Gasteiger partial charge in [0.05, 0.1) is 22.8 Å². The Morgan fingerprint density at radius 2 is 2.26 bits per heavy atom. The highest BCUT2D eigenvalue weighted by Crippen LogP contribution is 2.42. The number of nitrogens with one attached hydrogen (secondary N) is 2. The maximum absolute atomic E-state index is 13.0. The first kappa shape index (κ1) is 16.4. The van der Waals surface area contributed by atoms with Gasteiger partial charge in [0.25, 0.3) is 0 Å². The van der Waals surface area contributed by atoms with Crippen molar-refractivity contribution < 1.29 is 9.18 Å². The number of halogens is 2. The van der Waals surface area contributed by atoms with Crippen LogP contribution in [0.5, 0.6) is 0 Å². The van der Waals surface area contributed by atoms with Crippen molar-refractivity contribution in [2.75, 3.05) is 11.9 Å². The van der Waals surface area contributed by atoms with Crippen molar-refractivity contribution >= 4 is 34.5 Å². The van der Waals surface area contributed by atoms with Crippen LogP contribution in [0.1, 0.15) is 30.0 Å². The minimum atomic E-state index is -0.432. The number of aryl methyl sites for hydroxylation is 1. The third kappa shape index (κ3) is 3.54. The number of anilines is 1. The topological polar surface area (TPSA) is 54.0 Å². The van der Waals surface area contributed by atoms with Gasteiger partial charge in [-0.05, 0) is 44.4 Å². The zero-order chi connectivity index (χ0) is 16.4. The molecule has 0 unspecified atom stereocenters. The van der Waals surface area contributed by atoms with E-state index in [0.29, 0.717) is 5.69 Å². The standard InChI is InChI=1S/C16H17ClFN3OS/c1-10-9-23-15(20-10)16(5-2-6-16)19-8-14(22)21-13-4-3-11(18)7-12(13)17/h3-4,7,9,19H,2,5-6,8H2,1H3,(H,21,22). The lowest BCUT2D eigenvalue weighted by Crippen LogP contribution is -2.50. The molecule has 0 bridgehead atoms. The molecule has 3 rings (SSSR count). The van der Waals surface area contributed by atoms with Gasteiger partial charge in [-0.15, -0.1) is 11.3 Å². The number of amides is 1. The monoisotopic (exact) mass is 353 g/mol. The first-order valence-corrected chi connectivity index (χ1v) is 8.67. The fourth-order valence-electron chi connectivity index (χ4n) is 2.61. The quantitative estimate of drug-likeness (QED) is 0.858. The minimum absolute atomic E-state index is 0.159. The van der Waals surface area contributed by atoms with Gasteiger partial charge >= 0.3 is 0 Å². The number of thiazole rings is 1. The van der Waals surface area contributed by atoms with Crippen LogP contribution in [0.25, 0.3) is 0 Å². The van der Waals surface area contributed by atoms with Gasteiger partial charge in [0, 0.05) is 11.1 Å². The lowest BCUT2D eigenvalue weighted by molar-refractivity contribution is -0.116. The maximum atomic E-state index is 13.0. The molecule has 0 saturated heterocycles. The normalized spacial score (nSPS) is 16.0. The Balaban J connectivity index is 1.62. The van der Waals surface area contributed by atoms with Gasteiger partial charge < -0.3 is 5.32 Å². The Morgan fingerprint density at radius 1 is 1.48 bits per heavy atom. The van der Waals surface area contributed by atoms with E-state index in [1.807, 2.05) is 12.3 Å². The molecule has 4 nitrogen and oxygen atoms in total. The zero-order valence-corrected chi connectivity index (χ0v) is 14.2. The van der Waals surface area contributed by atoms with Gasteiger partial charge in [0.15, 0.2) is 0 Å². The van der Waals surface area contributed by atoms with E-state index >= 15 is 0 Å². The third-order valence-corrected chi connectivity index (χ3v) is 5.51. The number of benzene rings is 1. The number of rotatable bonds is 5. The van der Waals surface area contributed by atoms with Crippen LogP contribution in [-0.2, 0) is 10.3 Å². The van der Waals surface area contributed by atoms with Crippen LogP contribution in [-0.4, -0.2) is 17.4 Å². The van der Waals surface area contributed by atoms with E-state index in [4.69, 9.17) is 11.6 Å². The average Bonchev–Trinajstić information content (AvgIpc) is 2.88. The Morgan fingerprint density at radius 3 is 2.83 bits per heavy atom. The van der Waals surface area contributed by atoms with Gasteiger partial charge in [-0.1, -0.05) is 11.6 Å². The first-order chi connectivity index (χ1) is 11.0. The van der Waals surface area contributed by atoms with Crippen molar-refractivity contribution in [3.8, 4) is 0 Å². The zero-order valence-electron chi connectivity index (χ0n) is 12.7. The third-order valence-electron chi connectivity index (χ3n) is 4.03. The van der Waals surface area contributed by atoms with Gasteiger partial charge in [-0.25, -0.2) is 9.37 Å². The van der Waals surface area contributed by atoms with E-state index in [0.717, 1.165) is 30.0 Å². The molecule has 1 aliphatic rings. The smallest absolute Gasteiger partial charge is 0.238 e. The molecule has 1 amide bonds. The summed E-state index contributed by atoms with van der Waals surface area (Å²) in [5.41, 5.74) is 1.22. The largest absolute Gasteiger partial charge is 0.324 e. The molecule has 1 fully saturated rings. The summed E-state index contributed by atoms with van der Waals surface area (Å²) in [5.74, 6) is -0.642. The van der Waals surface area contributed by atoms with Crippen LogP contribution in [0.15, 0.2) is 23.6 Å². The van der Waals surface area contributed by atoms with E-state index in [1.54, 1.807) is 11.3 Å². The molecule has 122 valence electrons. The molecule has 23 heavy (non-hydrogen) atoms. The highest BCUT2D eigenvalue weighted by Gasteiger charge is 2.41. The van der Waals surface area contributed by atoms with Crippen molar-refractivity contribution in [1.29, 1.82) is 0 Å². The number of nitrogens with zero attached hydrogens (tertiary/aromatic N) is 1. The van der Waals surface area contributed by atoms with Gasteiger partial charge in [-0.2, -0.15) is 0 Å². The molecule has 2 aromatic rings. The molecule has 0 atom stereocenters. The van der Waals surface area contributed by atoms with E-state index in [2.05, 4.69) is 15.6 Å². The number of carbonyl (C=O) groups excluding carboxylic acids is 1. The average molecular weight is 354 g/mol. The van der Waals surface area contributed by atoms with Crippen molar-refractivity contribution in [1.82, 2.24) is 10.3 Å². The molecule has 7 heteroatoms. The summed E-state index contributed by atoms with van der Waals surface area (Å²) in [5, 5.41) is 9.28. The Kier molecular flexibility index (Phi) is 4.66. The van der Waals surface area contributed by atoms with Crippen LogP contribution in [0, 0.1) is 12.7 Å². The van der Waals surface area contributed by atoms with Crippen LogP contribution < -0.4 is 10.6 Å². The molecule has 0 spiro atoms. The predicted molar refractivity (Wildman–Crippen MR) is 90.4 cm³/mol. The Labute approximate surface area is 143 Å². The molecule has 2 N–H and O–H groups in total. The van der Waals surface area contributed by atoms with Crippen molar-refractivity contribution in [2.45, 2.75) is 31.7 Å². The molecular weight excluding hydrogens is 337 g/mol. The SMILES string of the molecule is Cc1csc(C2(NCC(=O)Nc3ccc(F)cc3Cl)CCC2)n1. The predicted octanol–water partition coefficient (Wildman–Crippen LogP) is 3.85. The number of aromatic nitrogens is 1. The van der Waals surface area contributed by atoms with Gasteiger partial charge in [0.1, 0.15) is 10.8 Å². The van der Waals surface area contributed by atoms with E-state index in [1.165, 1.54) is 18.2 Å². The maximum Gasteiger partial charge on any atom is 0.238 e. The minimum Gasteiger partial charge on any atom is -0.324 e. The Hall–Kier alpha value is -1.50. The second-order valence-electron chi connectivity index (χ2n) is 5.76. The highest BCUT2D eigenvalue weighted by molar-refractivity contribution is 7.09. The molecule has 0 radical (unpaired) electrons. The van der Waals surface area contributed by atoms with Crippen molar-refractivity contribution in [3.63, 3.8) is 0 Å². The molecule has 1 heterocycles. The lowest BCUT2D eigenvalue weighted by Gasteiger charge is -2.41. The number of carbonyl (C=O) groups is 1. The number of hydrogen-bond acceptors (Lipinski definition) is 4. The fourth-order valence-corrected chi connectivity index (χ4v) is 3.85. The second-order valence-corrected chi connectivity index (χ2v) is 7.02. The summed E-state index contributed by atoms with van der Waals surface area (Å²) < 4.78 is 13.0. The van der Waals surface area contributed by atoms with Crippen LogP contribution in [0.2, 0.25) is 5.02 Å². The summed E-state index contributed by atoms with van der Waals surface area (Å²) in [6.45, 7) is 2.13. The van der Waals surface area contributed by atoms with Crippen LogP contribution in [0.3, 0.4) is 0 Å². The van der Waals surface area contributed by atoms with Gasteiger partial charge in [0.2, 0.25) is 5.91 Å². The van der Waals surface area contributed by atoms with Crippen molar-refractivity contribution in [3.05, 3.63) is 45.1 Å². The van der Waals surface area contributed by atoms with E-state index in [-0.39, 0.29) is 23.0 Å². The molecular formula is C16H17ClFN3OS. The summed E-state index contributed by atoms with van der Waals surface area (Å²) in [6.07, 6.45) is 3.08. The van der Waals surface area contributed by atoms with Crippen LogP contribution >= 0.6 is 22.9 Å². The summed E-state index contributed by atoms with van der Waals surface area (Å²) in [6, 6.07) is 3.90. The number of hydrogen-bond donors (Lipinski definition) is 2. The van der Waals surface area contributed by atoms with Gasteiger partial charge in [-0.3, -0.25) is 10.1 Å². The summed E-state index contributed by atoms with van der Waals surface area (Å²) in [4.78, 5) is 16.7. The highest BCUT2D eigenvalue weighted by atomic mass is 35.5. The van der Waals surface area contributed by atoms with E-state index in [9.17, 15) is 9.18 Å². The van der Waals surface area contributed by atoms with Crippen LogP contribution in [0.4, 0.5) is 10.1 Å². The first-order valence-electron chi connectivity index (χ1n) is 7.41. The van der Waals surface area contributed by atoms with E-state index < -0.39 is 5.82 Å². The summed E-state index contributed by atoms with van der Waals surface area (Å²) >= 11 is 7.54. The summed E-state index contributed by atoms with van der Waals surface area (Å²) in [7, 11) is 0. The molecule has 1 saturated carbocycles.